The summed E-state index contributed by atoms with van der Waals surface area (Å²) in [6.07, 6.45) is 0.153. The van der Waals surface area contributed by atoms with Crippen LogP contribution in [0.5, 0.6) is 5.75 Å². The van der Waals surface area contributed by atoms with Gasteiger partial charge < -0.3 is 29.0 Å². The topological polar surface area (TPSA) is 145 Å². The van der Waals surface area contributed by atoms with E-state index in [1.807, 2.05) is 48.5 Å². The van der Waals surface area contributed by atoms with Crippen molar-refractivity contribution >= 4 is 40.3 Å². The van der Waals surface area contributed by atoms with Gasteiger partial charge in [-0.1, -0.05) is 23.7 Å². The van der Waals surface area contributed by atoms with Crippen LogP contribution in [0.1, 0.15) is 12.5 Å². The van der Waals surface area contributed by atoms with Crippen LogP contribution in [0.25, 0.3) is 0 Å². The number of nitro groups is 1. The van der Waals surface area contributed by atoms with E-state index in [0.29, 0.717) is 43.5 Å². The van der Waals surface area contributed by atoms with Gasteiger partial charge in [0.15, 0.2) is 0 Å². The first-order valence-electron chi connectivity index (χ1n) is 13.7. The van der Waals surface area contributed by atoms with Crippen molar-refractivity contribution in [3.05, 3.63) is 87.4 Å². The van der Waals surface area contributed by atoms with Crippen molar-refractivity contribution in [1.29, 1.82) is 0 Å². The molecule has 0 bridgehead atoms. The molecule has 0 aliphatic carbocycles. The standard InChI is InChI=1S/C30H35ClN4O8/c1-2-34(25-7-5-24(6-8-25)32-33-29-12-9-26(35(38)39)22-28(29)31)13-15-42-27-10-3-23(4-11-27)21-30(37)43-20-19-41-18-17-40-16-14-36/h3-12,22,36H,2,13-21H2,1H3. The van der Waals surface area contributed by atoms with Gasteiger partial charge in [0.2, 0.25) is 0 Å². The highest BCUT2D eigenvalue weighted by Gasteiger charge is 2.10. The maximum atomic E-state index is 12.0. The zero-order valence-corrected chi connectivity index (χ0v) is 24.6. The molecule has 3 rings (SSSR count). The Labute approximate surface area is 254 Å². The van der Waals surface area contributed by atoms with Crippen LogP contribution in [-0.4, -0.2) is 75.3 Å². The molecule has 0 amide bonds. The number of azo groups is 1. The van der Waals surface area contributed by atoms with E-state index in [4.69, 9.17) is 35.7 Å². The van der Waals surface area contributed by atoms with Gasteiger partial charge in [-0.25, -0.2) is 0 Å². The maximum absolute atomic E-state index is 12.0. The second-order valence-electron chi connectivity index (χ2n) is 9.03. The third-order valence-electron chi connectivity index (χ3n) is 6.01. The number of likely N-dealkylation sites (N-methyl/N-ethyl adjacent to an activating group) is 1. The number of esters is 1. The Hall–Kier alpha value is -4.10. The first-order valence-corrected chi connectivity index (χ1v) is 14.1. The minimum absolute atomic E-state index is 0.0259. The summed E-state index contributed by atoms with van der Waals surface area (Å²) in [7, 11) is 0. The molecule has 0 radical (unpaired) electrons. The normalized spacial score (nSPS) is 11.0. The molecule has 0 saturated heterocycles. The van der Waals surface area contributed by atoms with E-state index >= 15 is 0 Å². The second kappa shape index (κ2) is 18.4. The summed E-state index contributed by atoms with van der Waals surface area (Å²) in [5.41, 5.74) is 2.66. The summed E-state index contributed by atoms with van der Waals surface area (Å²) in [4.78, 5) is 24.5. The molecular formula is C30H35ClN4O8. The number of aliphatic hydroxyl groups is 1. The number of carbonyl (C=O) groups is 1. The number of ether oxygens (including phenoxy) is 4. The van der Waals surface area contributed by atoms with Gasteiger partial charge in [0.05, 0.1) is 61.6 Å². The number of hydrogen-bond donors (Lipinski definition) is 1. The van der Waals surface area contributed by atoms with Crippen LogP contribution in [0.15, 0.2) is 77.0 Å². The van der Waals surface area contributed by atoms with Crippen molar-refractivity contribution in [3.63, 3.8) is 0 Å². The van der Waals surface area contributed by atoms with E-state index in [0.717, 1.165) is 17.8 Å². The number of rotatable bonds is 19. The minimum atomic E-state index is -0.519. The van der Waals surface area contributed by atoms with Crippen LogP contribution >= 0.6 is 11.6 Å². The van der Waals surface area contributed by atoms with Gasteiger partial charge in [0, 0.05) is 24.4 Å². The highest BCUT2D eigenvalue weighted by molar-refractivity contribution is 6.33. The summed E-state index contributed by atoms with van der Waals surface area (Å²) >= 11 is 6.08. The van der Waals surface area contributed by atoms with Crippen LogP contribution < -0.4 is 9.64 Å². The Morgan fingerprint density at radius 1 is 0.930 bits per heavy atom. The summed E-state index contributed by atoms with van der Waals surface area (Å²) in [5.74, 6) is 0.362. The molecule has 0 unspecified atom stereocenters. The highest BCUT2D eigenvalue weighted by atomic mass is 35.5. The molecule has 0 heterocycles. The smallest absolute Gasteiger partial charge is 0.310 e. The fraction of sp³-hybridized carbons (Fsp3) is 0.367. The lowest BCUT2D eigenvalue weighted by Gasteiger charge is -2.23. The van der Waals surface area contributed by atoms with Crippen LogP contribution in [0, 0.1) is 10.1 Å². The summed E-state index contributed by atoms with van der Waals surface area (Å²) in [6, 6.07) is 18.9. The van der Waals surface area contributed by atoms with Crippen molar-refractivity contribution in [3.8, 4) is 5.75 Å². The van der Waals surface area contributed by atoms with Crippen LogP contribution in [0.2, 0.25) is 5.02 Å². The molecule has 1 N–H and O–H groups in total. The first kappa shape index (κ1) is 33.4. The van der Waals surface area contributed by atoms with E-state index in [1.54, 1.807) is 0 Å². The van der Waals surface area contributed by atoms with Gasteiger partial charge in [-0.3, -0.25) is 14.9 Å². The van der Waals surface area contributed by atoms with Gasteiger partial charge in [-0.15, -0.1) is 5.11 Å². The Balaban J connectivity index is 1.39. The van der Waals surface area contributed by atoms with Gasteiger partial charge in [-0.2, -0.15) is 5.11 Å². The Morgan fingerprint density at radius 3 is 2.28 bits per heavy atom. The van der Waals surface area contributed by atoms with Crippen LogP contribution in [-0.2, 0) is 25.4 Å². The number of halogens is 1. The van der Waals surface area contributed by atoms with Gasteiger partial charge in [-0.05, 0) is 55.0 Å². The lowest BCUT2D eigenvalue weighted by molar-refractivity contribution is -0.384. The van der Waals surface area contributed by atoms with E-state index < -0.39 is 4.92 Å². The Morgan fingerprint density at radius 2 is 1.63 bits per heavy atom. The number of hydrogen-bond acceptors (Lipinski definition) is 11. The number of aliphatic hydroxyl groups excluding tert-OH is 1. The molecule has 3 aromatic rings. The van der Waals surface area contributed by atoms with Gasteiger partial charge in [0.1, 0.15) is 24.7 Å². The molecule has 0 aliphatic heterocycles. The number of nitrogens with zero attached hydrogens (tertiary/aromatic N) is 4. The van der Waals surface area contributed by atoms with E-state index in [1.165, 1.54) is 18.2 Å². The average molecular weight is 615 g/mol. The van der Waals surface area contributed by atoms with Crippen molar-refractivity contribution in [2.75, 3.05) is 64.2 Å². The van der Waals surface area contributed by atoms with E-state index in [2.05, 4.69) is 22.1 Å². The highest BCUT2D eigenvalue weighted by Crippen LogP contribution is 2.30. The molecule has 12 nitrogen and oxygen atoms in total. The molecule has 0 saturated carbocycles. The van der Waals surface area contributed by atoms with Crippen molar-refractivity contribution in [2.24, 2.45) is 10.2 Å². The Kier molecular flexibility index (Phi) is 14.3. The van der Waals surface area contributed by atoms with E-state index in [9.17, 15) is 14.9 Å². The van der Waals surface area contributed by atoms with Gasteiger partial charge in [0.25, 0.3) is 5.69 Å². The summed E-state index contributed by atoms with van der Waals surface area (Å²) in [5, 5.41) is 27.9. The average Bonchev–Trinajstić information content (AvgIpc) is 3.01. The molecule has 230 valence electrons. The Bertz CT molecular complexity index is 1320. The third kappa shape index (κ3) is 12.0. The molecule has 0 spiro atoms. The quantitative estimate of drug-likeness (QED) is 0.0592. The van der Waals surface area contributed by atoms with Crippen molar-refractivity contribution < 1.29 is 33.8 Å². The summed E-state index contributed by atoms with van der Waals surface area (Å²) < 4.78 is 21.5. The van der Waals surface area contributed by atoms with Gasteiger partial charge >= 0.3 is 5.97 Å². The fourth-order valence-electron chi connectivity index (χ4n) is 3.80. The number of non-ortho nitro benzene ring substituents is 1. The SMILES string of the molecule is CCN(CCOc1ccc(CC(=O)OCCOCCOCCO)cc1)c1ccc(N=Nc2ccc([N+](=O)[O-])cc2Cl)cc1. The molecule has 0 aromatic heterocycles. The maximum Gasteiger partial charge on any atom is 0.310 e. The summed E-state index contributed by atoms with van der Waals surface area (Å²) in [6.45, 7) is 5.38. The van der Waals surface area contributed by atoms with Crippen molar-refractivity contribution in [2.45, 2.75) is 13.3 Å². The fourth-order valence-corrected chi connectivity index (χ4v) is 4.01. The number of anilines is 1. The third-order valence-corrected chi connectivity index (χ3v) is 6.31. The number of benzene rings is 3. The molecule has 43 heavy (non-hydrogen) atoms. The molecule has 0 aliphatic rings. The lowest BCUT2D eigenvalue weighted by atomic mass is 10.1. The van der Waals surface area contributed by atoms with E-state index in [-0.39, 0.29) is 49.5 Å². The van der Waals surface area contributed by atoms with Crippen molar-refractivity contribution in [1.82, 2.24) is 0 Å². The molecule has 0 fully saturated rings. The van der Waals surface area contributed by atoms with Crippen LogP contribution in [0.3, 0.4) is 0 Å². The zero-order chi connectivity index (χ0) is 30.9. The molecule has 3 aromatic carbocycles. The minimum Gasteiger partial charge on any atom is -0.492 e. The predicted molar refractivity (Wildman–Crippen MR) is 162 cm³/mol. The largest absolute Gasteiger partial charge is 0.492 e. The number of carbonyl (C=O) groups excluding carboxylic acids is 1. The number of nitro benzene ring substituents is 1. The monoisotopic (exact) mass is 614 g/mol. The second-order valence-corrected chi connectivity index (χ2v) is 9.43. The molecular weight excluding hydrogens is 580 g/mol. The molecule has 13 heteroatoms. The predicted octanol–water partition coefficient (Wildman–Crippen LogP) is 5.68. The molecule has 0 atom stereocenters. The lowest BCUT2D eigenvalue weighted by Crippen LogP contribution is -2.27. The first-order chi connectivity index (χ1) is 20.9. The zero-order valence-electron chi connectivity index (χ0n) is 23.9. The van der Waals surface area contributed by atoms with Crippen LogP contribution in [0.4, 0.5) is 22.7 Å².